The highest BCUT2D eigenvalue weighted by Crippen LogP contribution is 2.29. The van der Waals surface area contributed by atoms with Crippen molar-refractivity contribution in [2.45, 2.75) is 13.8 Å². The third-order valence-corrected chi connectivity index (χ3v) is 5.66. The topological polar surface area (TPSA) is 68.7 Å². The van der Waals surface area contributed by atoms with Gasteiger partial charge in [-0.15, -0.1) is 0 Å². The van der Waals surface area contributed by atoms with Crippen molar-refractivity contribution in [1.82, 2.24) is 19.3 Å². The summed E-state index contributed by atoms with van der Waals surface area (Å²) >= 11 is 1.57. The standard InChI is InChI=1S/C20H23N5OS/c1-3-24(4-2)11-12-26-18-10-9-17-19(23-18)27-20-22-16(13-25(17)20)14-5-7-15(21)8-6-14/h5-10,13H,3-4,11-12,21H2,1-2H3. The Labute approximate surface area is 162 Å². The zero-order chi connectivity index (χ0) is 18.8. The van der Waals surface area contributed by atoms with E-state index < -0.39 is 0 Å². The quantitative estimate of drug-likeness (QED) is 0.492. The van der Waals surface area contributed by atoms with E-state index in [1.54, 1.807) is 11.3 Å². The normalized spacial score (nSPS) is 11.7. The molecule has 0 aliphatic rings. The minimum absolute atomic E-state index is 0.643. The Bertz CT molecular complexity index is 1050. The van der Waals surface area contributed by atoms with Gasteiger partial charge in [0.15, 0.2) is 4.96 Å². The number of ether oxygens (including phenoxy) is 1. The van der Waals surface area contributed by atoms with Crippen molar-refractivity contribution in [2.75, 3.05) is 32.0 Å². The van der Waals surface area contributed by atoms with Crippen LogP contribution in [0.25, 0.3) is 26.6 Å². The first-order valence-corrected chi connectivity index (χ1v) is 9.99. The lowest BCUT2D eigenvalue weighted by molar-refractivity contribution is 0.218. The smallest absolute Gasteiger partial charge is 0.214 e. The van der Waals surface area contributed by atoms with Crippen LogP contribution in [0.5, 0.6) is 5.88 Å². The van der Waals surface area contributed by atoms with Crippen LogP contribution < -0.4 is 10.5 Å². The number of imidazole rings is 1. The zero-order valence-corrected chi connectivity index (χ0v) is 16.4. The first-order valence-electron chi connectivity index (χ1n) is 9.17. The summed E-state index contributed by atoms with van der Waals surface area (Å²) in [5.41, 5.74) is 9.55. The fraction of sp³-hybridized carbons (Fsp3) is 0.300. The first-order chi connectivity index (χ1) is 13.2. The van der Waals surface area contributed by atoms with Crippen molar-refractivity contribution in [2.24, 2.45) is 0 Å². The molecule has 6 nitrogen and oxygen atoms in total. The molecule has 0 amide bonds. The van der Waals surface area contributed by atoms with Crippen LogP contribution in [0.15, 0.2) is 42.6 Å². The second kappa shape index (κ2) is 7.54. The zero-order valence-electron chi connectivity index (χ0n) is 15.6. The van der Waals surface area contributed by atoms with Crippen LogP contribution in [0.1, 0.15) is 13.8 Å². The van der Waals surface area contributed by atoms with Gasteiger partial charge in [0.2, 0.25) is 5.88 Å². The molecular formula is C20H23N5OS. The number of fused-ring (bicyclic) bond motifs is 3. The summed E-state index contributed by atoms with van der Waals surface area (Å²) in [6, 6.07) is 11.7. The average molecular weight is 382 g/mol. The number of nitrogens with two attached hydrogens (primary N) is 1. The van der Waals surface area contributed by atoms with E-state index in [4.69, 9.17) is 15.5 Å². The van der Waals surface area contributed by atoms with E-state index in [0.717, 1.165) is 51.9 Å². The fourth-order valence-corrected chi connectivity index (χ4v) is 4.03. The molecule has 0 atom stereocenters. The van der Waals surface area contributed by atoms with Crippen LogP contribution in [0.4, 0.5) is 5.69 Å². The summed E-state index contributed by atoms with van der Waals surface area (Å²) in [5, 5.41) is 0. The number of anilines is 1. The third-order valence-electron chi connectivity index (χ3n) is 4.69. The molecule has 27 heavy (non-hydrogen) atoms. The predicted octanol–water partition coefficient (Wildman–Crippen LogP) is 3.91. The molecule has 4 rings (SSSR count). The highest BCUT2D eigenvalue weighted by Gasteiger charge is 2.12. The first kappa shape index (κ1) is 17.8. The van der Waals surface area contributed by atoms with Crippen molar-refractivity contribution < 1.29 is 4.74 Å². The Kier molecular flexibility index (Phi) is 4.96. The highest BCUT2D eigenvalue weighted by atomic mass is 32.1. The second-order valence-corrected chi connectivity index (χ2v) is 7.31. The molecule has 0 fully saturated rings. The van der Waals surface area contributed by atoms with Crippen LogP contribution in [-0.2, 0) is 0 Å². The van der Waals surface area contributed by atoms with Gasteiger partial charge < -0.3 is 15.4 Å². The van der Waals surface area contributed by atoms with E-state index in [1.165, 1.54) is 0 Å². The average Bonchev–Trinajstić information content (AvgIpc) is 3.23. The number of pyridine rings is 1. The summed E-state index contributed by atoms with van der Waals surface area (Å²) in [6.45, 7) is 7.94. The van der Waals surface area contributed by atoms with Crippen molar-refractivity contribution in [3.05, 3.63) is 42.6 Å². The van der Waals surface area contributed by atoms with Gasteiger partial charge in [0.1, 0.15) is 11.4 Å². The summed E-state index contributed by atoms with van der Waals surface area (Å²) in [6.07, 6.45) is 2.04. The Morgan fingerprint density at radius 3 is 2.59 bits per heavy atom. The molecule has 0 aliphatic heterocycles. The summed E-state index contributed by atoms with van der Waals surface area (Å²) in [4.78, 5) is 13.6. The van der Waals surface area contributed by atoms with Gasteiger partial charge in [0, 0.05) is 30.1 Å². The minimum Gasteiger partial charge on any atom is -0.476 e. The van der Waals surface area contributed by atoms with E-state index in [0.29, 0.717) is 12.5 Å². The number of benzene rings is 1. The number of likely N-dealkylation sites (N-methyl/N-ethyl adjacent to an activating group) is 1. The lowest BCUT2D eigenvalue weighted by atomic mass is 10.1. The number of aromatic nitrogens is 3. The van der Waals surface area contributed by atoms with Crippen LogP contribution in [0, 0.1) is 0 Å². The largest absolute Gasteiger partial charge is 0.476 e. The third kappa shape index (κ3) is 3.61. The number of hydrogen-bond acceptors (Lipinski definition) is 6. The van der Waals surface area contributed by atoms with Gasteiger partial charge in [-0.1, -0.05) is 37.3 Å². The molecule has 7 heteroatoms. The molecule has 3 aromatic heterocycles. The predicted molar refractivity (Wildman–Crippen MR) is 112 cm³/mol. The van der Waals surface area contributed by atoms with Gasteiger partial charge in [-0.25, -0.2) is 9.97 Å². The van der Waals surface area contributed by atoms with Crippen LogP contribution >= 0.6 is 11.3 Å². The van der Waals surface area contributed by atoms with Crippen molar-refractivity contribution in [3.63, 3.8) is 0 Å². The molecule has 0 saturated carbocycles. The van der Waals surface area contributed by atoms with Gasteiger partial charge in [0.25, 0.3) is 0 Å². The Balaban J connectivity index is 1.56. The monoisotopic (exact) mass is 381 g/mol. The molecule has 0 radical (unpaired) electrons. The SMILES string of the molecule is CCN(CC)CCOc1ccc2c(n1)sc1nc(-c3ccc(N)cc3)cn12. The molecule has 3 heterocycles. The van der Waals surface area contributed by atoms with Crippen LogP contribution in [0.2, 0.25) is 0 Å². The number of hydrogen-bond donors (Lipinski definition) is 1. The Hall–Kier alpha value is -2.64. The number of nitrogens with zero attached hydrogens (tertiary/aromatic N) is 4. The van der Waals surface area contributed by atoms with Crippen molar-refractivity contribution in [3.8, 4) is 17.1 Å². The van der Waals surface area contributed by atoms with E-state index >= 15 is 0 Å². The van der Waals surface area contributed by atoms with Crippen LogP contribution in [0.3, 0.4) is 0 Å². The lowest BCUT2D eigenvalue weighted by Crippen LogP contribution is -2.28. The molecule has 0 spiro atoms. The molecular weight excluding hydrogens is 358 g/mol. The number of thiazole rings is 1. The number of rotatable bonds is 7. The second-order valence-electron chi connectivity index (χ2n) is 6.35. The van der Waals surface area contributed by atoms with Gasteiger partial charge in [-0.05, 0) is 31.3 Å². The minimum atomic E-state index is 0.643. The van der Waals surface area contributed by atoms with E-state index in [9.17, 15) is 0 Å². The van der Waals surface area contributed by atoms with Gasteiger partial charge in [-0.3, -0.25) is 4.40 Å². The fourth-order valence-electron chi connectivity index (χ4n) is 3.06. The lowest BCUT2D eigenvalue weighted by Gasteiger charge is -2.17. The van der Waals surface area contributed by atoms with E-state index in [-0.39, 0.29) is 0 Å². The van der Waals surface area contributed by atoms with Crippen molar-refractivity contribution in [1.29, 1.82) is 0 Å². The molecule has 0 unspecified atom stereocenters. The highest BCUT2D eigenvalue weighted by molar-refractivity contribution is 7.23. The van der Waals surface area contributed by atoms with E-state index in [2.05, 4.69) is 28.1 Å². The molecule has 0 bridgehead atoms. The summed E-state index contributed by atoms with van der Waals surface area (Å²) in [5.74, 6) is 0.665. The summed E-state index contributed by atoms with van der Waals surface area (Å²) < 4.78 is 7.92. The molecule has 0 aliphatic carbocycles. The molecule has 4 aromatic rings. The van der Waals surface area contributed by atoms with Crippen molar-refractivity contribution >= 4 is 32.3 Å². The van der Waals surface area contributed by atoms with Gasteiger partial charge in [-0.2, -0.15) is 0 Å². The maximum absolute atomic E-state index is 5.84. The molecule has 1 aromatic carbocycles. The Morgan fingerprint density at radius 2 is 1.85 bits per heavy atom. The molecule has 140 valence electrons. The molecule has 2 N–H and O–H groups in total. The maximum atomic E-state index is 5.84. The summed E-state index contributed by atoms with van der Waals surface area (Å²) in [7, 11) is 0. The molecule has 0 saturated heterocycles. The van der Waals surface area contributed by atoms with Crippen LogP contribution in [-0.4, -0.2) is 45.5 Å². The van der Waals surface area contributed by atoms with E-state index in [1.807, 2.05) is 42.6 Å². The maximum Gasteiger partial charge on any atom is 0.214 e. The van der Waals surface area contributed by atoms with Gasteiger partial charge >= 0.3 is 0 Å². The Morgan fingerprint density at radius 1 is 1.07 bits per heavy atom. The number of nitrogen functional groups attached to an aromatic ring is 1. The van der Waals surface area contributed by atoms with Gasteiger partial charge in [0.05, 0.1) is 11.2 Å².